The van der Waals surface area contributed by atoms with Gasteiger partial charge in [-0.25, -0.2) is 0 Å². The Hall–Kier alpha value is -1.39. The minimum absolute atomic E-state index is 0. The number of likely N-dealkylation sites (tertiary alicyclic amines) is 1. The highest BCUT2D eigenvalue weighted by molar-refractivity contribution is 14.0. The molecule has 0 saturated carbocycles. The summed E-state index contributed by atoms with van der Waals surface area (Å²) in [6.07, 6.45) is 0.150. The Bertz CT molecular complexity index is 693. The van der Waals surface area contributed by atoms with Gasteiger partial charge in [-0.2, -0.15) is 0 Å². The fraction of sp³-hybridized carbons (Fsp3) is 0.619. The summed E-state index contributed by atoms with van der Waals surface area (Å²) in [5.41, 5.74) is 0.824. The van der Waals surface area contributed by atoms with Crippen molar-refractivity contribution in [2.24, 2.45) is 4.99 Å². The summed E-state index contributed by atoms with van der Waals surface area (Å²) < 4.78 is 11.4. The Labute approximate surface area is 190 Å². The van der Waals surface area contributed by atoms with Gasteiger partial charge in [0.15, 0.2) is 5.96 Å². The summed E-state index contributed by atoms with van der Waals surface area (Å²) in [7, 11) is 1.74. The molecule has 2 heterocycles. The fourth-order valence-corrected chi connectivity index (χ4v) is 3.81. The van der Waals surface area contributed by atoms with Crippen molar-refractivity contribution in [3.8, 4) is 0 Å². The van der Waals surface area contributed by atoms with Crippen LogP contribution in [0, 0.1) is 0 Å². The smallest absolute Gasteiger partial charge is 0.325 e. The van der Waals surface area contributed by atoms with E-state index in [2.05, 4.69) is 44.4 Å². The van der Waals surface area contributed by atoms with Crippen LogP contribution in [-0.4, -0.2) is 79.3 Å². The Morgan fingerprint density at radius 1 is 1.28 bits per heavy atom. The molecule has 0 radical (unpaired) electrons. The van der Waals surface area contributed by atoms with Crippen molar-refractivity contribution in [1.29, 1.82) is 0 Å². The molecule has 29 heavy (non-hydrogen) atoms. The molecule has 0 amide bonds. The summed E-state index contributed by atoms with van der Waals surface area (Å²) in [5, 5.41) is 3.14. The summed E-state index contributed by atoms with van der Waals surface area (Å²) in [6.45, 7) is 9.87. The van der Waals surface area contributed by atoms with Crippen LogP contribution in [0.4, 0.5) is 0 Å². The molecule has 0 spiro atoms. The molecule has 0 aliphatic carbocycles. The lowest BCUT2D eigenvalue weighted by Gasteiger charge is -2.36. The molecule has 2 fully saturated rings. The summed E-state index contributed by atoms with van der Waals surface area (Å²) in [5.74, 6) is 0.427. The van der Waals surface area contributed by atoms with Gasteiger partial charge >= 0.3 is 5.97 Å². The van der Waals surface area contributed by atoms with E-state index in [4.69, 9.17) is 9.47 Å². The highest BCUT2D eigenvalue weighted by Crippen LogP contribution is 2.24. The quantitative estimate of drug-likeness (QED) is 0.286. The number of carbonyl (C=O) groups excluding carboxylic acids is 1. The second-order valence-electron chi connectivity index (χ2n) is 8.32. The van der Waals surface area contributed by atoms with Crippen molar-refractivity contribution in [2.75, 3.05) is 39.8 Å². The van der Waals surface area contributed by atoms with Crippen LogP contribution in [0.5, 0.6) is 0 Å². The van der Waals surface area contributed by atoms with Crippen molar-refractivity contribution < 1.29 is 14.3 Å². The van der Waals surface area contributed by atoms with E-state index in [1.54, 1.807) is 7.05 Å². The van der Waals surface area contributed by atoms with Crippen LogP contribution in [0.15, 0.2) is 35.3 Å². The van der Waals surface area contributed by atoms with Gasteiger partial charge in [0, 0.05) is 33.2 Å². The lowest BCUT2D eigenvalue weighted by atomic mass is 10.1. The number of guanidine groups is 1. The molecule has 2 aliphatic heterocycles. The highest BCUT2D eigenvalue weighted by Gasteiger charge is 2.41. The zero-order valence-electron chi connectivity index (χ0n) is 17.8. The molecule has 2 unspecified atom stereocenters. The number of esters is 1. The Morgan fingerprint density at radius 2 is 2.00 bits per heavy atom. The number of rotatable bonds is 4. The standard InChI is InChI=1S/C21H32N4O3.HI/c1-21(2,3)28-19(26)12-23-20(22-4)25-14-17-18(15-25)27-11-10-24(17)13-16-8-6-5-7-9-16;/h5-9,17-18H,10-15H2,1-4H3,(H,22,23);1H. The number of ether oxygens (including phenoxy) is 2. The molecule has 7 nitrogen and oxygen atoms in total. The number of carbonyl (C=O) groups is 1. The first-order chi connectivity index (χ1) is 13.4. The zero-order valence-corrected chi connectivity index (χ0v) is 20.1. The molecule has 3 rings (SSSR count). The number of hydrogen-bond acceptors (Lipinski definition) is 5. The number of halogens is 1. The molecular weight excluding hydrogens is 483 g/mol. The van der Waals surface area contributed by atoms with E-state index in [1.807, 2.05) is 26.8 Å². The molecule has 1 aromatic carbocycles. The molecule has 1 N–H and O–H groups in total. The number of nitrogens with one attached hydrogen (secondary N) is 1. The first-order valence-electron chi connectivity index (χ1n) is 9.93. The van der Waals surface area contributed by atoms with Gasteiger partial charge in [0.05, 0.1) is 18.8 Å². The van der Waals surface area contributed by atoms with E-state index >= 15 is 0 Å². The largest absolute Gasteiger partial charge is 0.459 e. The third-order valence-corrected chi connectivity index (χ3v) is 4.97. The van der Waals surface area contributed by atoms with E-state index in [-0.39, 0.29) is 42.6 Å². The van der Waals surface area contributed by atoms with Gasteiger partial charge < -0.3 is 19.7 Å². The van der Waals surface area contributed by atoms with Crippen molar-refractivity contribution in [3.63, 3.8) is 0 Å². The number of nitrogens with zero attached hydrogens (tertiary/aromatic N) is 3. The third-order valence-electron chi connectivity index (χ3n) is 4.97. The SMILES string of the molecule is CN=C(NCC(=O)OC(C)(C)C)N1CC2OCCN(Cc3ccccc3)C2C1.I. The summed E-state index contributed by atoms with van der Waals surface area (Å²) in [6, 6.07) is 10.8. The minimum Gasteiger partial charge on any atom is -0.459 e. The highest BCUT2D eigenvalue weighted by atomic mass is 127. The monoisotopic (exact) mass is 516 g/mol. The minimum atomic E-state index is -0.489. The van der Waals surface area contributed by atoms with Gasteiger partial charge in [-0.05, 0) is 26.3 Å². The van der Waals surface area contributed by atoms with Crippen LogP contribution < -0.4 is 5.32 Å². The van der Waals surface area contributed by atoms with E-state index < -0.39 is 5.60 Å². The van der Waals surface area contributed by atoms with Gasteiger partial charge in [0.2, 0.25) is 0 Å². The molecule has 2 saturated heterocycles. The normalized spacial score (nSPS) is 22.6. The number of morpholine rings is 1. The first kappa shape index (κ1) is 23.9. The number of benzene rings is 1. The first-order valence-corrected chi connectivity index (χ1v) is 9.93. The molecule has 162 valence electrons. The zero-order chi connectivity index (χ0) is 20.1. The average Bonchev–Trinajstić information content (AvgIpc) is 3.07. The molecule has 1 aromatic rings. The lowest BCUT2D eigenvalue weighted by molar-refractivity contribution is -0.153. The van der Waals surface area contributed by atoms with Crippen LogP contribution >= 0.6 is 24.0 Å². The Balaban J connectivity index is 0.00000300. The van der Waals surface area contributed by atoms with Gasteiger partial charge in [0.1, 0.15) is 12.1 Å². The summed E-state index contributed by atoms with van der Waals surface area (Å²) in [4.78, 5) is 21.0. The van der Waals surface area contributed by atoms with Gasteiger partial charge in [-0.1, -0.05) is 30.3 Å². The van der Waals surface area contributed by atoms with Crippen molar-refractivity contribution in [3.05, 3.63) is 35.9 Å². The maximum Gasteiger partial charge on any atom is 0.325 e. The van der Waals surface area contributed by atoms with E-state index in [9.17, 15) is 4.79 Å². The van der Waals surface area contributed by atoms with E-state index in [0.29, 0.717) is 12.0 Å². The molecule has 8 heteroatoms. The maximum atomic E-state index is 12.0. The third kappa shape index (κ3) is 6.82. The number of aliphatic imine (C=N–C) groups is 1. The second kappa shape index (κ2) is 10.6. The topological polar surface area (TPSA) is 66.4 Å². The summed E-state index contributed by atoms with van der Waals surface area (Å²) >= 11 is 0. The van der Waals surface area contributed by atoms with Crippen LogP contribution in [0.25, 0.3) is 0 Å². The van der Waals surface area contributed by atoms with Gasteiger partial charge in [-0.3, -0.25) is 14.7 Å². The second-order valence-corrected chi connectivity index (χ2v) is 8.32. The van der Waals surface area contributed by atoms with Crippen molar-refractivity contribution >= 4 is 35.9 Å². The average molecular weight is 516 g/mol. The fourth-order valence-electron chi connectivity index (χ4n) is 3.81. The lowest BCUT2D eigenvalue weighted by Crippen LogP contribution is -2.50. The maximum absolute atomic E-state index is 12.0. The molecular formula is C21H33IN4O3. The molecule has 2 atom stereocenters. The predicted molar refractivity (Wildman–Crippen MR) is 125 cm³/mol. The predicted octanol–water partition coefficient (Wildman–Crippen LogP) is 2.11. The number of fused-ring (bicyclic) bond motifs is 1. The van der Waals surface area contributed by atoms with Gasteiger partial charge in [0.25, 0.3) is 0 Å². The Kier molecular flexibility index (Phi) is 8.72. The Morgan fingerprint density at radius 3 is 2.66 bits per heavy atom. The molecule has 0 bridgehead atoms. The van der Waals surface area contributed by atoms with Crippen LogP contribution in [-0.2, 0) is 20.8 Å². The number of hydrogen-bond donors (Lipinski definition) is 1. The van der Waals surface area contributed by atoms with E-state index in [1.165, 1.54) is 5.56 Å². The van der Waals surface area contributed by atoms with Gasteiger partial charge in [-0.15, -0.1) is 24.0 Å². The molecule has 0 aromatic heterocycles. The van der Waals surface area contributed by atoms with Crippen LogP contribution in [0.1, 0.15) is 26.3 Å². The van der Waals surface area contributed by atoms with Crippen LogP contribution in [0.2, 0.25) is 0 Å². The molecule has 2 aliphatic rings. The van der Waals surface area contributed by atoms with Crippen molar-refractivity contribution in [2.45, 2.75) is 45.1 Å². The van der Waals surface area contributed by atoms with Crippen LogP contribution in [0.3, 0.4) is 0 Å². The van der Waals surface area contributed by atoms with Crippen molar-refractivity contribution in [1.82, 2.24) is 15.1 Å². The van der Waals surface area contributed by atoms with E-state index in [0.717, 1.165) is 32.8 Å².